The number of hydrogen-bond acceptors (Lipinski definition) is 6. The summed E-state index contributed by atoms with van der Waals surface area (Å²) in [5.74, 6) is 0.319. The highest BCUT2D eigenvalue weighted by Gasteiger charge is 2.29. The fourth-order valence-corrected chi connectivity index (χ4v) is 4.55. The first-order chi connectivity index (χ1) is 15.4. The number of ether oxygens (including phenoxy) is 2. The van der Waals surface area contributed by atoms with E-state index in [1.807, 2.05) is 38.1 Å². The predicted molar refractivity (Wildman–Crippen MR) is 127 cm³/mol. The van der Waals surface area contributed by atoms with E-state index in [9.17, 15) is 4.79 Å². The maximum absolute atomic E-state index is 12.7. The SMILES string of the molecule is CC1(C)COC[C@@H](CNc2cccc(-c3cc(CC(=O)[C@@H]4CCCNC4)ncc3Cl)c2)O1. The van der Waals surface area contributed by atoms with Crippen molar-refractivity contribution in [2.75, 3.05) is 38.2 Å². The average Bonchev–Trinajstić information content (AvgIpc) is 2.79. The van der Waals surface area contributed by atoms with Crippen LogP contribution in [0.4, 0.5) is 5.69 Å². The molecule has 2 aliphatic heterocycles. The summed E-state index contributed by atoms with van der Waals surface area (Å²) in [6, 6.07) is 10.0. The lowest BCUT2D eigenvalue weighted by Crippen LogP contribution is -2.45. The van der Waals surface area contributed by atoms with E-state index in [0.717, 1.165) is 48.4 Å². The van der Waals surface area contributed by atoms with Crippen LogP contribution in [0.25, 0.3) is 11.1 Å². The first kappa shape index (κ1) is 23.2. The zero-order chi connectivity index (χ0) is 22.6. The van der Waals surface area contributed by atoms with Gasteiger partial charge in [-0.1, -0.05) is 23.7 Å². The van der Waals surface area contributed by atoms with E-state index in [-0.39, 0.29) is 23.4 Å². The molecule has 172 valence electrons. The van der Waals surface area contributed by atoms with E-state index >= 15 is 0 Å². The maximum Gasteiger partial charge on any atom is 0.143 e. The second-order valence-electron chi connectivity index (χ2n) is 9.32. The zero-order valence-electron chi connectivity index (χ0n) is 18.8. The highest BCUT2D eigenvalue weighted by atomic mass is 35.5. The predicted octanol–water partition coefficient (Wildman–Crippen LogP) is 4.12. The molecule has 0 aliphatic carbocycles. The molecule has 7 heteroatoms. The number of aromatic nitrogens is 1. The number of carbonyl (C=O) groups excluding carboxylic acids is 1. The van der Waals surface area contributed by atoms with Crippen LogP contribution >= 0.6 is 11.6 Å². The summed E-state index contributed by atoms with van der Waals surface area (Å²) in [5.41, 5.74) is 3.34. The van der Waals surface area contributed by atoms with Crippen molar-refractivity contribution in [3.63, 3.8) is 0 Å². The molecule has 0 unspecified atom stereocenters. The Morgan fingerprint density at radius 1 is 1.34 bits per heavy atom. The van der Waals surface area contributed by atoms with E-state index in [2.05, 4.69) is 21.7 Å². The van der Waals surface area contributed by atoms with Gasteiger partial charge in [-0.25, -0.2) is 0 Å². The molecule has 2 aromatic rings. The van der Waals surface area contributed by atoms with Gasteiger partial charge in [0.2, 0.25) is 0 Å². The first-order valence-electron chi connectivity index (χ1n) is 11.4. The highest BCUT2D eigenvalue weighted by molar-refractivity contribution is 6.33. The van der Waals surface area contributed by atoms with Crippen molar-refractivity contribution in [2.24, 2.45) is 5.92 Å². The number of halogens is 1. The van der Waals surface area contributed by atoms with Crippen molar-refractivity contribution in [2.45, 2.75) is 44.8 Å². The molecule has 2 atom stereocenters. The molecule has 2 fully saturated rings. The lowest BCUT2D eigenvalue weighted by Gasteiger charge is -2.36. The van der Waals surface area contributed by atoms with Gasteiger partial charge in [0.05, 0.1) is 29.9 Å². The molecule has 2 saturated heterocycles. The Balaban J connectivity index is 1.43. The van der Waals surface area contributed by atoms with Crippen molar-refractivity contribution < 1.29 is 14.3 Å². The number of Topliss-reactive ketones (excluding diaryl/α,β-unsaturated/α-hetero) is 1. The number of hydrogen-bond donors (Lipinski definition) is 2. The topological polar surface area (TPSA) is 72.5 Å². The normalized spacial score (nSPS) is 23.0. The third-order valence-corrected chi connectivity index (χ3v) is 6.27. The molecule has 32 heavy (non-hydrogen) atoms. The Kier molecular flexibility index (Phi) is 7.46. The molecule has 1 aromatic heterocycles. The monoisotopic (exact) mass is 457 g/mol. The molecule has 0 radical (unpaired) electrons. The Hall–Kier alpha value is -1.99. The lowest BCUT2D eigenvalue weighted by atomic mass is 9.92. The lowest BCUT2D eigenvalue weighted by molar-refractivity contribution is -0.177. The van der Waals surface area contributed by atoms with Crippen LogP contribution in [0, 0.1) is 5.92 Å². The van der Waals surface area contributed by atoms with Crippen LogP contribution in [-0.2, 0) is 20.7 Å². The summed E-state index contributed by atoms with van der Waals surface area (Å²) in [7, 11) is 0. The summed E-state index contributed by atoms with van der Waals surface area (Å²) in [4.78, 5) is 17.1. The van der Waals surface area contributed by atoms with Crippen LogP contribution in [0.3, 0.4) is 0 Å². The van der Waals surface area contributed by atoms with Crippen LogP contribution < -0.4 is 10.6 Å². The van der Waals surface area contributed by atoms with Crippen molar-refractivity contribution in [1.29, 1.82) is 0 Å². The molecule has 0 amide bonds. The minimum atomic E-state index is -0.265. The summed E-state index contributed by atoms with van der Waals surface area (Å²) >= 11 is 6.48. The van der Waals surface area contributed by atoms with Crippen molar-refractivity contribution >= 4 is 23.1 Å². The third-order valence-electron chi connectivity index (χ3n) is 5.97. The Morgan fingerprint density at radius 2 is 2.22 bits per heavy atom. The number of nitrogens with zero attached hydrogens (tertiary/aromatic N) is 1. The Bertz CT molecular complexity index is 944. The number of carbonyl (C=O) groups is 1. The van der Waals surface area contributed by atoms with Gasteiger partial charge in [-0.2, -0.15) is 0 Å². The van der Waals surface area contributed by atoms with Gasteiger partial charge in [0.15, 0.2) is 0 Å². The van der Waals surface area contributed by atoms with E-state index in [4.69, 9.17) is 21.1 Å². The molecule has 2 aliphatic rings. The van der Waals surface area contributed by atoms with Crippen molar-refractivity contribution in [3.05, 3.63) is 47.2 Å². The second-order valence-corrected chi connectivity index (χ2v) is 9.73. The average molecular weight is 458 g/mol. The van der Waals surface area contributed by atoms with E-state index in [1.165, 1.54) is 0 Å². The molecule has 2 N–H and O–H groups in total. The first-order valence-corrected chi connectivity index (χ1v) is 11.8. The molecule has 0 bridgehead atoms. The van der Waals surface area contributed by atoms with E-state index < -0.39 is 0 Å². The minimum Gasteiger partial charge on any atom is -0.382 e. The molecule has 4 rings (SSSR count). The third kappa shape index (κ3) is 6.07. The maximum atomic E-state index is 12.7. The molecule has 1 aromatic carbocycles. The van der Waals surface area contributed by atoms with Gasteiger partial charge in [-0.15, -0.1) is 0 Å². The number of pyridine rings is 1. The van der Waals surface area contributed by atoms with E-state index in [0.29, 0.717) is 31.2 Å². The fourth-order valence-electron chi connectivity index (χ4n) is 4.33. The summed E-state index contributed by atoms with van der Waals surface area (Å²) in [6.45, 7) is 7.69. The van der Waals surface area contributed by atoms with Gasteiger partial charge in [0, 0.05) is 48.6 Å². The Labute approximate surface area is 195 Å². The summed E-state index contributed by atoms with van der Waals surface area (Å²) in [6.07, 6.45) is 3.98. The number of nitrogens with one attached hydrogen (secondary N) is 2. The van der Waals surface area contributed by atoms with Gasteiger partial charge in [0.1, 0.15) is 5.78 Å². The molecular weight excluding hydrogens is 426 g/mol. The molecule has 6 nitrogen and oxygen atoms in total. The molecule has 0 saturated carbocycles. The number of ketones is 1. The van der Waals surface area contributed by atoms with Crippen molar-refractivity contribution in [3.8, 4) is 11.1 Å². The number of benzene rings is 1. The van der Waals surface area contributed by atoms with Crippen molar-refractivity contribution in [1.82, 2.24) is 10.3 Å². The number of anilines is 1. The van der Waals surface area contributed by atoms with E-state index in [1.54, 1.807) is 6.20 Å². The van der Waals surface area contributed by atoms with Gasteiger partial charge >= 0.3 is 0 Å². The van der Waals surface area contributed by atoms with Crippen LogP contribution in [-0.4, -0.2) is 55.3 Å². The second kappa shape index (κ2) is 10.3. The van der Waals surface area contributed by atoms with Gasteiger partial charge in [-0.05, 0) is 57.0 Å². The zero-order valence-corrected chi connectivity index (χ0v) is 19.6. The highest BCUT2D eigenvalue weighted by Crippen LogP contribution is 2.30. The quantitative estimate of drug-likeness (QED) is 0.651. The van der Waals surface area contributed by atoms with Crippen LogP contribution in [0.15, 0.2) is 36.5 Å². The molecular formula is C25H32ClN3O3. The largest absolute Gasteiger partial charge is 0.382 e. The summed E-state index contributed by atoms with van der Waals surface area (Å²) < 4.78 is 11.7. The molecule has 3 heterocycles. The molecule has 0 spiro atoms. The fraction of sp³-hybridized carbons (Fsp3) is 0.520. The standard InChI is InChI=1S/C25H32ClN3O3/c1-25(2)16-31-15-21(32-25)13-28-19-7-3-5-17(9-19)22-10-20(29-14-23(22)26)11-24(30)18-6-4-8-27-12-18/h3,5,7,9-10,14,18,21,27-28H,4,6,8,11-13,15-16H2,1-2H3/t18-,21-/m1/s1. The van der Waals surface area contributed by atoms with Crippen LogP contribution in [0.5, 0.6) is 0 Å². The van der Waals surface area contributed by atoms with Crippen LogP contribution in [0.2, 0.25) is 5.02 Å². The van der Waals surface area contributed by atoms with Gasteiger partial charge in [-0.3, -0.25) is 9.78 Å². The van der Waals surface area contributed by atoms with Crippen LogP contribution in [0.1, 0.15) is 32.4 Å². The minimum absolute atomic E-state index is 0.00110. The summed E-state index contributed by atoms with van der Waals surface area (Å²) in [5, 5.41) is 7.33. The number of piperidine rings is 1. The van der Waals surface area contributed by atoms with Gasteiger partial charge < -0.3 is 20.1 Å². The smallest absolute Gasteiger partial charge is 0.143 e. The number of rotatable bonds is 7. The Morgan fingerprint density at radius 3 is 3.00 bits per heavy atom. The van der Waals surface area contributed by atoms with Gasteiger partial charge in [0.25, 0.3) is 0 Å².